The quantitative estimate of drug-likeness (QED) is 0.592. The fourth-order valence-electron chi connectivity index (χ4n) is 1.73. The number of anilines is 4. The second-order valence-electron chi connectivity index (χ2n) is 4.42. The number of hydrogen-bond acceptors (Lipinski definition) is 7. The Hall–Kier alpha value is -2.55. The van der Waals surface area contributed by atoms with E-state index in [4.69, 9.17) is 5.73 Å². The van der Waals surface area contributed by atoms with Crippen LogP contribution in [0.25, 0.3) is 0 Å². The lowest BCUT2D eigenvalue weighted by Gasteiger charge is -2.11. The molecule has 5 N–H and O–H groups in total. The first-order chi connectivity index (χ1) is 10.4. The summed E-state index contributed by atoms with van der Waals surface area (Å²) in [6.45, 7) is 2.57. The lowest BCUT2D eigenvalue weighted by molar-refractivity contribution is 0.601. The lowest BCUT2D eigenvalue weighted by atomic mass is 10.3. The predicted molar refractivity (Wildman–Crippen MR) is 87.4 cm³/mol. The van der Waals surface area contributed by atoms with E-state index in [1.54, 1.807) is 7.05 Å². The molecule has 0 fully saturated rings. The van der Waals surface area contributed by atoms with Gasteiger partial charge in [-0.05, 0) is 31.2 Å². The van der Waals surface area contributed by atoms with Gasteiger partial charge in [-0.25, -0.2) is 8.42 Å². The van der Waals surface area contributed by atoms with Gasteiger partial charge in [0.1, 0.15) is 11.6 Å². The van der Waals surface area contributed by atoms with Crippen LogP contribution in [0.1, 0.15) is 6.92 Å². The summed E-state index contributed by atoms with van der Waals surface area (Å²) in [5.74, 6) is 1.01. The topological polar surface area (TPSA) is 122 Å². The number of rotatable bonds is 6. The molecule has 0 spiro atoms. The van der Waals surface area contributed by atoms with Crippen molar-refractivity contribution >= 4 is 33.3 Å². The second-order valence-corrected chi connectivity index (χ2v) is 6.10. The molecule has 8 nitrogen and oxygen atoms in total. The van der Waals surface area contributed by atoms with Crippen LogP contribution in [0.4, 0.5) is 23.3 Å². The fraction of sp³-hybridized carbons (Fsp3) is 0.231. The summed E-state index contributed by atoms with van der Waals surface area (Å²) in [5.41, 5.74) is 6.05. The van der Waals surface area contributed by atoms with Crippen molar-refractivity contribution < 1.29 is 8.42 Å². The molecule has 1 aromatic heterocycles. The average Bonchev–Trinajstić information content (AvgIpc) is 2.47. The van der Waals surface area contributed by atoms with Crippen LogP contribution >= 0.6 is 0 Å². The third-order valence-corrected chi connectivity index (χ3v) is 4.11. The van der Waals surface area contributed by atoms with Gasteiger partial charge in [0.15, 0.2) is 0 Å². The van der Waals surface area contributed by atoms with Gasteiger partial charge in [-0.1, -0.05) is 0 Å². The Kier molecular flexibility index (Phi) is 4.66. The minimum atomic E-state index is -3.74. The predicted octanol–water partition coefficient (Wildman–Crippen LogP) is 1.33. The van der Waals surface area contributed by atoms with Crippen molar-refractivity contribution in [2.75, 3.05) is 34.7 Å². The van der Waals surface area contributed by atoms with Gasteiger partial charge in [0.25, 0.3) is 10.0 Å². The molecule has 0 aliphatic rings. The van der Waals surface area contributed by atoms with Crippen molar-refractivity contribution in [2.24, 2.45) is 0 Å². The molecule has 0 amide bonds. The van der Waals surface area contributed by atoms with Gasteiger partial charge in [0, 0.05) is 25.3 Å². The van der Waals surface area contributed by atoms with E-state index in [0.717, 1.165) is 0 Å². The maximum absolute atomic E-state index is 12.3. The summed E-state index contributed by atoms with van der Waals surface area (Å²) >= 11 is 0. The summed E-state index contributed by atoms with van der Waals surface area (Å²) in [6.07, 6.45) is 0. The molecule has 2 aromatic rings. The number of nitrogens with two attached hydrogens (primary N) is 1. The number of hydrogen-bond donors (Lipinski definition) is 4. The Morgan fingerprint density at radius 2 is 1.77 bits per heavy atom. The van der Waals surface area contributed by atoms with Crippen molar-refractivity contribution in [2.45, 2.75) is 11.8 Å². The van der Waals surface area contributed by atoms with Crippen LogP contribution < -0.4 is 21.1 Å². The van der Waals surface area contributed by atoms with Gasteiger partial charge in [-0.3, -0.25) is 4.72 Å². The van der Waals surface area contributed by atoms with Crippen LogP contribution in [-0.2, 0) is 10.0 Å². The van der Waals surface area contributed by atoms with E-state index in [-0.39, 0.29) is 10.7 Å². The first kappa shape index (κ1) is 15.8. The largest absolute Gasteiger partial charge is 0.399 e. The van der Waals surface area contributed by atoms with E-state index in [1.165, 1.54) is 30.3 Å². The number of nitrogen functional groups attached to an aromatic ring is 1. The van der Waals surface area contributed by atoms with Crippen molar-refractivity contribution in [1.29, 1.82) is 0 Å². The Balaban J connectivity index is 2.32. The van der Waals surface area contributed by atoms with Crippen molar-refractivity contribution in [1.82, 2.24) is 9.97 Å². The van der Waals surface area contributed by atoms with Gasteiger partial charge >= 0.3 is 0 Å². The molecule has 118 valence electrons. The maximum atomic E-state index is 12.3. The van der Waals surface area contributed by atoms with Crippen LogP contribution in [0.15, 0.2) is 35.2 Å². The molecule has 0 bridgehead atoms. The van der Waals surface area contributed by atoms with E-state index >= 15 is 0 Å². The van der Waals surface area contributed by atoms with Gasteiger partial charge in [-0.2, -0.15) is 9.97 Å². The highest BCUT2D eigenvalue weighted by Gasteiger charge is 2.15. The van der Waals surface area contributed by atoms with Crippen molar-refractivity contribution in [3.8, 4) is 0 Å². The molecule has 22 heavy (non-hydrogen) atoms. The highest BCUT2D eigenvalue weighted by Crippen LogP contribution is 2.19. The molecule has 0 aliphatic carbocycles. The van der Waals surface area contributed by atoms with Crippen molar-refractivity contribution in [3.63, 3.8) is 0 Å². The number of benzene rings is 1. The fourth-order valence-corrected chi connectivity index (χ4v) is 2.72. The maximum Gasteiger partial charge on any atom is 0.263 e. The Morgan fingerprint density at radius 3 is 2.36 bits per heavy atom. The first-order valence-corrected chi connectivity index (χ1v) is 8.12. The van der Waals surface area contributed by atoms with Gasteiger partial charge in [0.05, 0.1) is 4.90 Å². The van der Waals surface area contributed by atoms with Crippen LogP contribution in [0.2, 0.25) is 0 Å². The third-order valence-electron chi connectivity index (χ3n) is 2.74. The summed E-state index contributed by atoms with van der Waals surface area (Å²) in [4.78, 5) is 8.36. The highest BCUT2D eigenvalue weighted by molar-refractivity contribution is 7.92. The normalized spacial score (nSPS) is 11.0. The Morgan fingerprint density at radius 1 is 1.14 bits per heavy atom. The first-order valence-electron chi connectivity index (χ1n) is 6.63. The molecule has 0 unspecified atom stereocenters. The molecule has 1 heterocycles. The van der Waals surface area contributed by atoms with Crippen LogP contribution in [0.3, 0.4) is 0 Å². The minimum absolute atomic E-state index is 0.108. The molecule has 1 aromatic carbocycles. The van der Waals surface area contributed by atoms with Crippen LogP contribution in [0, 0.1) is 0 Å². The summed E-state index contributed by atoms with van der Waals surface area (Å²) in [6, 6.07) is 7.44. The standard InChI is InChI=1S/C13H18N6O2S/c1-3-16-11-8-12(18-13(15-2)17-11)19-22(20,21)10-6-4-9(14)5-7-10/h4-8H,3,14H2,1-2H3,(H3,15,16,17,18,19). The Labute approximate surface area is 129 Å². The number of aromatic nitrogens is 2. The van der Waals surface area contributed by atoms with E-state index in [9.17, 15) is 8.42 Å². The lowest BCUT2D eigenvalue weighted by Crippen LogP contribution is -2.15. The summed E-state index contributed by atoms with van der Waals surface area (Å²) < 4.78 is 27.1. The molecular formula is C13H18N6O2S. The van der Waals surface area contributed by atoms with Crippen molar-refractivity contribution in [3.05, 3.63) is 30.3 Å². The monoisotopic (exact) mass is 322 g/mol. The number of sulfonamides is 1. The molecule has 0 saturated carbocycles. The van der Waals surface area contributed by atoms with Gasteiger partial charge < -0.3 is 16.4 Å². The zero-order chi connectivity index (χ0) is 16.2. The van der Waals surface area contributed by atoms with Crippen LogP contribution in [0.5, 0.6) is 0 Å². The van der Waals surface area contributed by atoms with Gasteiger partial charge in [0.2, 0.25) is 5.95 Å². The smallest absolute Gasteiger partial charge is 0.263 e. The zero-order valence-electron chi connectivity index (χ0n) is 12.3. The number of nitrogens with zero attached hydrogens (tertiary/aromatic N) is 2. The molecule has 9 heteroatoms. The Bertz CT molecular complexity index is 746. The summed E-state index contributed by atoms with van der Waals surface area (Å²) in [5, 5.41) is 5.80. The average molecular weight is 322 g/mol. The van der Waals surface area contributed by atoms with E-state index < -0.39 is 10.0 Å². The summed E-state index contributed by atoms with van der Waals surface area (Å²) in [7, 11) is -2.08. The third kappa shape index (κ3) is 3.76. The SMILES string of the molecule is CCNc1cc(NS(=O)(=O)c2ccc(N)cc2)nc(NC)n1. The molecule has 2 rings (SSSR count). The number of nitrogens with one attached hydrogen (secondary N) is 3. The minimum Gasteiger partial charge on any atom is -0.399 e. The molecule has 0 atom stereocenters. The zero-order valence-corrected chi connectivity index (χ0v) is 13.1. The highest BCUT2D eigenvalue weighted by atomic mass is 32.2. The van der Waals surface area contributed by atoms with Crippen LogP contribution in [-0.4, -0.2) is 32.0 Å². The molecular weight excluding hydrogens is 304 g/mol. The van der Waals surface area contributed by atoms with Gasteiger partial charge in [-0.15, -0.1) is 0 Å². The molecule has 0 aliphatic heterocycles. The van der Waals surface area contributed by atoms with E-state index in [1.807, 2.05) is 6.92 Å². The van der Waals surface area contributed by atoms with E-state index in [2.05, 4.69) is 25.3 Å². The van der Waals surface area contributed by atoms with E-state index in [0.29, 0.717) is 24.0 Å². The molecule has 0 saturated heterocycles. The second kappa shape index (κ2) is 6.48. The molecule has 0 radical (unpaired) electrons.